The molecule has 6 nitrogen and oxygen atoms in total. The zero-order chi connectivity index (χ0) is 23.3. The molecule has 1 fully saturated rings. The maximum Gasteiger partial charge on any atom is 0.303 e. The van der Waals surface area contributed by atoms with E-state index < -0.39 is 5.97 Å². The number of aliphatic carboxylic acids is 1. The standard InChI is InChI=1S/C25H34ClN3O3/c1-16(2)15-29(20-6-8-21(30)9-7-20)23-10-4-18(17(3)12-25(31)32)13-22(23)28-19-5-11-24(26)27-14-19/h4-5,10-11,13-14,16-17,20-21,28,30H,6-9,12,15H2,1-3H3,(H,31,32)/t17-,20-,21-/m1/s1. The molecule has 0 amide bonds. The Balaban J connectivity index is 1.99. The SMILES string of the molecule is CC(C)CN(c1ccc([C@H](C)CC(=O)O)cc1Nc1ccc(Cl)nc1)[C@H]1CC[C@H](O)CC1. The molecule has 3 rings (SSSR count). The first-order valence-electron chi connectivity index (χ1n) is 11.4. The fourth-order valence-electron chi connectivity index (χ4n) is 4.40. The Kier molecular flexibility index (Phi) is 8.38. The lowest BCUT2D eigenvalue weighted by Gasteiger charge is -2.39. The summed E-state index contributed by atoms with van der Waals surface area (Å²) in [5.41, 5.74) is 3.81. The van der Waals surface area contributed by atoms with Gasteiger partial charge in [-0.3, -0.25) is 4.79 Å². The highest BCUT2D eigenvalue weighted by molar-refractivity contribution is 6.29. The van der Waals surface area contributed by atoms with Crippen LogP contribution in [0.15, 0.2) is 36.5 Å². The summed E-state index contributed by atoms with van der Waals surface area (Å²) in [6, 6.07) is 10.2. The van der Waals surface area contributed by atoms with Crippen molar-refractivity contribution in [1.82, 2.24) is 4.98 Å². The van der Waals surface area contributed by atoms with E-state index in [1.54, 1.807) is 12.3 Å². The Morgan fingerprint density at radius 1 is 1.19 bits per heavy atom. The van der Waals surface area contributed by atoms with Crippen molar-refractivity contribution < 1.29 is 15.0 Å². The average Bonchev–Trinajstić information content (AvgIpc) is 2.74. The van der Waals surface area contributed by atoms with Crippen LogP contribution in [0.5, 0.6) is 0 Å². The van der Waals surface area contributed by atoms with Crippen molar-refractivity contribution in [3.05, 3.63) is 47.2 Å². The van der Waals surface area contributed by atoms with Crippen molar-refractivity contribution in [3.63, 3.8) is 0 Å². The van der Waals surface area contributed by atoms with Crippen LogP contribution < -0.4 is 10.2 Å². The van der Waals surface area contributed by atoms with Gasteiger partial charge in [-0.1, -0.05) is 38.4 Å². The van der Waals surface area contributed by atoms with E-state index in [2.05, 4.69) is 41.2 Å². The lowest BCUT2D eigenvalue weighted by Crippen LogP contribution is -2.41. The van der Waals surface area contributed by atoms with Gasteiger partial charge in [0.15, 0.2) is 0 Å². The second-order valence-corrected chi connectivity index (χ2v) is 9.67. The molecule has 174 valence electrons. The molecular formula is C25H34ClN3O3. The van der Waals surface area contributed by atoms with Crippen molar-refractivity contribution in [2.24, 2.45) is 5.92 Å². The van der Waals surface area contributed by atoms with Gasteiger partial charge in [0, 0.05) is 12.6 Å². The fraction of sp³-hybridized carbons (Fsp3) is 0.520. The van der Waals surface area contributed by atoms with Gasteiger partial charge in [0.2, 0.25) is 0 Å². The normalized spacial score (nSPS) is 19.6. The van der Waals surface area contributed by atoms with Crippen LogP contribution >= 0.6 is 11.6 Å². The molecule has 0 bridgehead atoms. The number of aliphatic hydroxyl groups is 1. The number of nitrogens with zero attached hydrogens (tertiary/aromatic N) is 2. The summed E-state index contributed by atoms with van der Waals surface area (Å²) in [7, 11) is 0. The summed E-state index contributed by atoms with van der Waals surface area (Å²) in [5, 5.41) is 23.2. The van der Waals surface area contributed by atoms with Crippen LogP contribution in [-0.4, -0.2) is 39.9 Å². The molecule has 1 heterocycles. The van der Waals surface area contributed by atoms with E-state index in [0.29, 0.717) is 17.1 Å². The number of anilines is 3. The molecule has 0 unspecified atom stereocenters. The van der Waals surface area contributed by atoms with Crippen molar-refractivity contribution in [2.75, 3.05) is 16.8 Å². The van der Waals surface area contributed by atoms with Gasteiger partial charge in [0.05, 0.1) is 35.8 Å². The Hall–Kier alpha value is -2.31. The number of carbonyl (C=O) groups is 1. The van der Waals surface area contributed by atoms with Crippen molar-refractivity contribution in [3.8, 4) is 0 Å². The van der Waals surface area contributed by atoms with Crippen LogP contribution in [0.25, 0.3) is 0 Å². The lowest BCUT2D eigenvalue weighted by atomic mass is 9.90. The molecule has 0 spiro atoms. The van der Waals surface area contributed by atoms with Crippen molar-refractivity contribution >= 4 is 34.6 Å². The van der Waals surface area contributed by atoms with Gasteiger partial charge in [-0.05, 0) is 67.3 Å². The molecule has 7 heteroatoms. The molecule has 1 aromatic carbocycles. The molecule has 1 aliphatic rings. The first-order valence-corrected chi connectivity index (χ1v) is 11.8. The van der Waals surface area contributed by atoms with E-state index in [1.165, 1.54) is 0 Å². The molecule has 1 saturated carbocycles. The lowest BCUT2D eigenvalue weighted by molar-refractivity contribution is -0.137. The summed E-state index contributed by atoms with van der Waals surface area (Å²) in [5.74, 6) is -0.438. The highest BCUT2D eigenvalue weighted by Crippen LogP contribution is 2.37. The van der Waals surface area contributed by atoms with E-state index in [9.17, 15) is 15.0 Å². The molecule has 3 N–H and O–H groups in total. The van der Waals surface area contributed by atoms with E-state index in [0.717, 1.165) is 54.9 Å². The third kappa shape index (κ3) is 6.59. The molecule has 1 atom stereocenters. The summed E-state index contributed by atoms with van der Waals surface area (Å²) in [6.45, 7) is 7.26. The number of nitrogens with one attached hydrogen (secondary N) is 1. The van der Waals surface area contributed by atoms with Gasteiger partial charge in [-0.25, -0.2) is 4.98 Å². The van der Waals surface area contributed by atoms with Crippen LogP contribution in [-0.2, 0) is 4.79 Å². The maximum absolute atomic E-state index is 11.3. The largest absolute Gasteiger partial charge is 0.481 e. The van der Waals surface area contributed by atoms with E-state index >= 15 is 0 Å². The maximum atomic E-state index is 11.3. The topological polar surface area (TPSA) is 85.7 Å². The first-order chi connectivity index (χ1) is 15.2. The number of carboxylic acid groups (broad SMARTS) is 1. The number of hydrogen-bond acceptors (Lipinski definition) is 5. The highest BCUT2D eigenvalue weighted by atomic mass is 35.5. The Labute approximate surface area is 195 Å². The number of halogens is 1. The summed E-state index contributed by atoms with van der Waals surface area (Å²) < 4.78 is 0. The van der Waals surface area contributed by atoms with E-state index in [1.807, 2.05) is 19.1 Å². The number of aromatic nitrogens is 1. The molecule has 0 saturated heterocycles. The van der Waals surface area contributed by atoms with Crippen LogP contribution in [0.1, 0.15) is 64.4 Å². The predicted molar refractivity (Wildman–Crippen MR) is 130 cm³/mol. The third-order valence-electron chi connectivity index (χ3n) is 6.06. The molecule has 2 aromatic rings. The summed E-state index contributed by atoms with van der Waals surface area (Å²) >= 11 is 5.96. The zero-order valence-electron chi connectivity index (χ0n) is 19.1. The fourth-order valence-corrected chi connectivity index (χ4v) is 4.51. The van der Waals surface area contributed by atoms with Crippen molar-refractivity contribution in [2.45, 2.75) is 70.9 Å². The molecule has 1 aromatic heterocycles. The number of aliphatic hydroxyl groups excluding tert-OH is 1. The first kappa shape index (κ1) is 24.3. The average molecular weight is 460 g/mol. The van der Waals surface area contributed by atoms with Gasteiger partial charge in [-0.15, -0.1) is 0 Å². The van der Waals surface area contributed by atoms with Gasteiger partial charge >= 0.3 is 5.97 Å². The minimum atomic E-state index is -0.805. The Morgan fingerprint density at radius 3 is 2.50 bits per heavy atom. The predicted octanol–water partition coefficient (Wildman–Crippen LogP) is 5.82. The van der Waals surface area contributed by atoms with Crippen molar-refractivity contribution in [1.29, 1.82) is 0 Å². The van der Waals surface area contributed by atoms with Gasteiger partial charge in [0.25, 0.3) is 0 Å². The minimum Gasteiger partial charge on any atom is -0.481 e. The number of hydrogen-bond donors (Lipinski definition) is 3. The molecule has 0 radical (unpaired) electrons. The third-order valence-corrected chi connectivity index (χ3v) is 6.28. The van der Waals surface area contributed by atoms with Gasteiger partial charge in [-0.2, -0.15) is 0 Å². The van der Waals surface area contributed by atoms with E-state index in [-0.39, 0.29) is 18.4 Å². The summed E-state index contributed by atoms with van der Waals surface area (Å²) in [6.07, 6.45) is 5.11. The quantitative estimate of drug-likeness (QED) is 0.409. The van der Waals surface area contributed by atoms with Gasteiger partial charge < -0.3 is 20.4 Å². The van der Waals surface area contributed by atoms with Gasteiger partial charge in [0.1, 0.15) is 5.15 Å². The second-order valence-electron chi connectivity index (χ2n) is 9.28. The molecule has 0 aliphatic heterocycles. The number of carboxylic acids is 1. The minimum absolute atomic E-state index is 0.0809. The Bertz CT molecular complexity index is 896. The van der Waals surface area contributed by atoms with Crippen LogP contribution in [0.4, 0.5) is 17.1 Å². The van der Waals surface area contributed by atoms with Crippen LogP contribution in [0, 0.1) is 5.92 Å². The smallest absolute Gasteiger partial charge is 0.303 e. The zero-order valence-corrected chi connectivity index (χ0v) is 19.8. The Morgan fingerprint density at radius 2 is 1.91 bits per heavy atom. The monoisotopic (exact) mass is 459 g/mol. The summed E-state index contributed by atoms with van der Waals surface area (Å²) in [4.78, 5) is 17.9. The molecular weight excluding hydrogens is 426 g/mol. The number of pyridine rings is 1. The highest BCUT2D eigenvalue weighted by Gasteiger charge is 2.27. The van der Waals surface area contributed by atoms with Crippen LogP contribution in [0.2, 0.25) is 5.15 Å². The molecule has 32 heavy (non-hydrogen) atoms. The number of benzene rings is 1. The number of rotatable bonds is 9. The van der Waals surface area contributed by atoms with E-state index in [4.69, 9.17) is 11.6 Å². The molecule has 1 aliphatic carbocycles. The van der Waals surface area contributed by atoms with Crippen LogP contribution in [0.3, 0.4) is 0 Å². The second kappa shape index (κ2) is 11.0.